The van der Waals surface area contributed by atoms with Crippen molar-refractivity contribution in [2.45, 2.75) is 96.7 Å². The zero-order valence-electron chi connectivity index (χ0n) is 15.5. The van der Waals surface area contributed by atoms with Gasteiger partial charge in [-0.15, -0.1) is 0 Å². The van der Waals surface area contributed by atoms with E-state index in [9.17, 15) is 0 Å². The van der Waals surface area contributed by atoms with Gasteiger partial charge in [-0.2, -0.15) is 0 Å². The van der Waals surface area contributed by atoms with Crippen LogP contribution in [0.3, 0.4) is 0 Å². The van der Waals surface area contributed by atoms with Crippen molar-refractivity contribution in [2.75, 3.05) is 13.2 Å². The smallest absolute Gasteiger partial charge is 0.189 e. The molecule has 1 atom stereocenters. The lowest BCUT2D eigenvalue weighted by atomic mass is 10.1. The standard InChI is InChI=1S/C21H38O2/c1-3-4-5-6-7-8-9-10-11-12-13-14-15-16-17-18-19-22-21(2)20-23-21/h7-8,10-11H,3-6,9,12-20H2,1-2H3. The Morgan fingerprint density at radius 3 is 2.00 bits per heavy atom. The first-order chi connectivity index (χ1) is 11.3. The fraction of sp³-hybridized carbons (Fsp3) is 0.810. The molecule has 1 unspecified atom stereocenters. The monoisotopic (exact) mass is 322 g/mol. The maximum Gasteiger partial charge on any atom is 0.189 e. The third-order valence-electron chi connectivity index (χ3n) is 4.30. The molecule has 2 heteroatoms. The molecular formula is C21H38O2. The van der Waals surface area contributed by atoms with E-state index in [2.05, 4.69) is 31.2 Å². The molecule has 0 N–H and O–H groups in total. The zero-order chi connectivity index (χ0) is 16.6. The van der Waals surface area contributed by atoms with Crippen molar-refractivity contribution >= 4 is 0 Å². The average molecular weight is 323 g/mol. The van der Waals surface area contributed by atoms with Gasteiger partial charge in [-0.1, -0.05) is 69.8 Å². The van der Waals surface area contributed by atoms with Crippen LogP contribution >= 0.6 is 0 Å². The van der Waals surface area contributed by atoms with Crippen LogP contribution in [0, 0.1) is 0 Å². The number of hydrogen-bond acceptors (Lipinski definition) is 2. The van der Waals surface area contributed by atoms with Gasteiger partial charge in [0.25, 0.3) is 0 Å². The van der Waals surface area contributed by atoms with Crippen molar-refractivity contribution in [3.8, 4) is 0 Å². The number of epoxide rings is 1. The van der Waals surface area contributed by atoms with Crippen LogP contribution in [0.4, 0.5) is 0 Å². The Labute approximate surface area is 144 Å². The summed E-state index contributed by atoms with van der Waals surface area (Å²) >= 11 is 0. The topological polar surface area (TPSA) is 21.8 Å². The molecule has 1 fully saturated rings. The van der Waals surface area contributed by atoms with Crippen LogP contribution in [0.2, 0.25) is 0 Å². The van der Waals surface area contributed by atoms with Crippen LogP contribution < -0.4 is 0 Å². The normalized spacial score (nSPS) is 20.8. The number of hydrogen-bond donors (Lipinski definition) is 0. The zero-order valence-corrected chi connectivity index (χ0v) is 15.5. The van der Waals surface area contributed by atoms with E-state index >= 15 is 0 Å². The van der Waals surface area contributed by atoms with Crippen molar-refractivity contribution in [3.63, 3.8) is 0 Å². The highest BCUT2D eigenvalue weighted by Crippen LogP contribution is 2.27. The van der Waals surface area contributed by atoms with Crippen molar-refractivity contribution < 1.29 is 9.47 Å². The molecule has 0 aliphatic carbocycles. The Morgan fingerprint density at radius 1 is 0.826 bits per heavy atom. The van der Waals surface area contributed by atoms with E-state index in [0.29, 0.717) is 0 Å². The highest BCUT2D eigenvalue weighted by molar-refractivity contribution is 4.92. The van der Waals surface area contributed by atoms with Gasteiger partial charge in [-0.25, -0.2) is 0 Å². The van der Waals surface area contributed by atoms with E-state index in [4.69, 9.17) is 9.47 Å². The molecule has 1 saturated heterocycles. The highest BCUT2D eigenvalue weighted by Gasteiger charge is 2.40. The minimum Gasteiger partial charge on any atom is -0.348 e. The number of allylic oxidation sites excluding steroid dienone is 4. The van der Waals surface area contributed by atoms with Gasteiger partial charge in [-0.05, 0) is 45.4 Å². The van der Waals surface area contributed by atoms with Gasteiger partial charge in [0.05, 0.1) is 6.61 Å². The molecule has 0 amide bonds. The van der Waals surface area contributed by atoms with Crippen LogP contribution in [0.15, 0.2) is 24.3 Å². The van der Waals surface area contributed by atoms with E-state index in [1.807, 2.05) is 6.92 Å². The fourth-order valence-electron chi connectivity index (χ4n) is 2.56. The molecule has 1 heterocycles. The minimum atomic E-state index is -0.225. The van der Waals surface area contributed by atoms with E-state index in [1.165, 1.54) is 70.6 Å². The van der Waals surface area contributed by atoms with Crippen LogP contribution in [0.25, 0.3) is 0 Å². The molecule has 0 saturated carbocycles. The van der Waals surface area contributed by atoms with E-state index in [1.54, 1.807) is 0 Å². The number of unbranched alkanes of at least 4 members (excludes halogenated alkanes) is 9. The summed E-state index contributed by atoms with van der Waals surface area (Å²) in [5.74, 6) is -0.225. The third kappa shape index (κ3) is 13.5. The molecule has 0 aromatic rings. The van der Waals surface area contributed by atoms with Gasteiger partial charge in [0.1, 0.15) is 6.61 Å². The second-order valence-corrected chi connectivity index (χ2v) is 6.86. The summed E-state index contributed by atoms with van der Waals surface area (Å²) in [6.07, 6.45) is 24.8. The van der Waals surface area contributed by atoms with Gasteiger partial charge >= 0.3 is 0 Å². The fourth-order valence-corrected chi connectivity index (χ4v) is 2.56. The van der Waals surface area contributed by atoms with Crippen molar-refractivity contribution in [1.29, 1.82) is 0 Å². The van der Waals surface area contributed by atoms with Crippen molar-refractivity contribution in [3.05, 3.63) is 24.3 Å². The first-order valence-corrected chi connectivity index (χ1v) is 9.85. The summed E-state index contributed by atoms with van der Waals surface area (Å²) in [5, 5.41) is 0. The van der Waals surface area contributed by atoms with Crippen LogP contribution in [0.5, 0.6) is 0 Å². The number of ether oxygens (including phenoxy) is 2. The lowest BCUT2D eigenvalue weighted by Crippen LogP contribution is -2.11. The summed E-state index contributed by atoms with van der Waals surface area (Å²) in [7, 11) is 0. The summed E-state index contributed by atoms with van der Waals surface area (Å²) in [4.78, 5) is 0. The molecule has 0 spiro atoms. The van der Waals surface area contributed by atoms with E-state index < -0.39 is 0 Å². The number of rotatable bonds is 16. The molecule has 1 rings (SSSR count). The average Bonchev–Trinajstić information content (AvgIpc) is 3.28. The lowest BCUT2D eigenvalue weighted by Gasteiger charge is -2.06. The molecule has 1 aliphatic heterocycles. The summed E-state index contributed by atoms with van der Waals surface area (Å²) in [6.45, 7) is 5.90. The summed E-state index contributed by atoms with van der Waals surface area (Å²) in [5.41, 5.74) is 0. The maximum atomic E-state index is 5.62. The molecular weight excluding hydrogens is 284 g/mol. The van der Waals surface area contributed by atoms with Crippen molar-refractivity contribution in [1.82, 2.24) is 0 Å². The maximum absolute atomic E-state index is 5.62. The summed E-state index contributed by atoms with van der Waals surface area (Å²) < 4.78 is 10.8. The second-order valence-electron chi connectivity index (χ2n) is 6.86. The van der Waals surface area contributed by atoms with Crippen molar-refractivity contribution in [2.24, 2.45) is 0 Å². The predicted octanol–water partition coefficient (Wildman–Crippen LogP) is 6.56. The van der Waals surface area contributed by atoms with Gasteiger partial charge < -0.3 is 9.47 Å². The van der Waals surface area contributed by atoms with E-state index in [0.717, 1.165) is 19.6 Å². The molecule has 0 aromatic carbocycles. The largest absolute Gasteiger partial charge is 0.348 e. The Hall–Kier alpha value is -0.600. The quantitative estimate of drug-likeness (QED) is 0.182. The third-order valence-corrected chi connectivity index (χ3v) is 4.30. The molecule has 134 valence electrons. The lowest BCUT2D eigenvalue weighted by molar-refractivity contribution is -0.0309. The molecule has 0 bridgehead atoms. The van der Waals surface area contributed by atoms with Gasteiger partial charge in [0.15, 0.2) is 5.79 Å². The second kappa shape index (κ2) is 13.8. The van der Waals surface area contributed by atoms with E-state index in [-0.39, 0.29) is 5.79 Å². The summed E-state index contributed by atoms with van der Waals surface area (Å²) in [6, 6.07) is 0. The Bertz CT molecular complexity index is 316. The van der Waals surface area contributed by atoms with Crippen LogP contribution in [-0.4, -0.2) is 19.0 Å². The van der Waals surface area contributed by atoms with Gasteiger partial charge in [0, 0.05) is 0 Å². The Morgan fingerprint density at radius 2 is 1.39 bits per heavy atom. The molecule has 0 aromatic heterocycles. The first kappa shape index (κ1) is 20.4. The molecule has 0 radical (unpaired) electrons. The molecule has 23 heavy (non-hydrogen) atoms. The predicted molar refractivity (Wildman–Crippen MR) is 99.7 cm³/mol. The Kier molecular flexibility index (Phi) is 12.3. The molecule has 1 aliphatic rings. The SMILES string of the molecule is CCCCCC=CCC=CCCCCCCCCOC1(C)CO1. The van der Waals surface area contributed by atoms with Gasteiger partial charge in [0.2, 0.25) is 0 Å². The van der Waals surface area contributed by atoms with Crippen LogP contribution in [-0.2, 0) is 9.47 Å². The molecule has 2 nitrogen and oxygen atoms in total. The van der Waals surface area contributed by atoms with Crippen LogP contribution in [0.1, 0.15) is 90.9 Å². The van der Waals surface area contributed by atoms with Gasteiger partial charge in [-0.3, -0.25) is 0 Å². The first-order valence-electron chi connectivity index (χ1n) is 9.85. The Balaban J connectivity index is 1.72. The highest BCUT2D eigenvalue weighted by atomic mass is 16.8. The minimum absolute atomic E-state index is 0.225.